The number of carboxylic acids is 1. The van der Waals surface area contributed by atoms with Crippen LogP contribution in [0, 0.1) is 0 Å². The van der Waals surface area contributed by atoms with Gasteiger partial charge in [0.25, 0.3) is 0 Å². The minimum atomic E-state index is -1.13. The van der Waals surface area contributed by atoms with Crippen LogP contribution in [0.25, 0.3) is 6.08 Å². The first-order valence-corrected chi connectivity index (χ1v) is 5.91. The van der Waals surface area contributed by atoms with Crippen molar-refractivity contribution in [1.82, 2.24) is 0 Å². The van der Waals surface area contributed by atoms with Crippen molar-refractivity contribution in [2.24, 2.45) is 0 Å². The SMILES string of the molecule is CC(C)(C)OC(=O)Nc1ccc(O)c(/C=C/C(=O)O)c1. The standard InChI is InChI=1S/C14H17NO5/c1-14(2,3)20-13(19)15-10-5-6-11(16)9(8-10)4-7-12(17)18/h4-8,16H,1-3H3,(H,15,19)(H,17,18)/b7-4+. The first-order valence-electron chi connectivity index (χ1n) is 5.91. The molecule has 0 aliphatic heterocycles. The van der Waals surface area contributed by atoms with Crippen molar-refractivity contribution in [2.45, 2.75) is 26.4 Å². The number of ether oxygens (including phenoxy) is 1. The molecular formula is C14H17NO5. The van der Waals surface area contributed by atoms with Gasteiger partial charge in [-0.25, -0.2) is 9.59 Å². The Balaban J connectivity index is 2.85. The topological polar surface area (TPSA) is 95.9 Å². The molecular weight excluding hydrogens is 262 g/mol. The van der Waals surface area contributed by atoms with Gasteiger partial charge in [0.05, 0.1) is 0 Å². The van der Waals surface area contributed by atoms with Gasteiger partial charge in [0, 0.05) is 17.3 Å². The van der Waals surface area contributed by atoms with E-state index in [1.165, 1.54) is 24.3 Å². The van der Waals surface area contributed by atoms with E-state index in [4.69, 9.17) is 9.84 Å². The summed E-state index contributed by atoms with van der Waals surface area (Å²) in [5, 5.41) is 20.6. The maximum atomic E-state index is 11.6. The number of hydrogen-bond acceptors (Lipinski definition) is 4. The van der Waals surface area contributed by atoms with E-state index < -0.39 is 17.7 Å². The average Bonchev–Trinajstić information content (AvgIpc) is 2.27. The van der Waals surface area contributed by atoms with Gasteiger partial charge in [0.1, 0.15) is 11.4 Å². The third-order valence-electron chi connectivity index (χ3n) is 2.08. The van der Waals surface area contributed by atoms with Crippen molar-refractivity contribution in [3.8, 4) is 5.75 Å². The molecule has 20 heavy (non-hydrogen) atoms. The molecule has 1 rings (SSSR count). The van der Waals surface area contributed by atoms with Crippen molar-refractivity contribution in [3.63, 3.8) is 0 Å². The number of benzene rings is 1. The van der Waals surface area contributed by atoms with Gasteiger partial charge in [-0.2, -0.15) is 0 Å². The highest BCUT2D eigenvalue weighted by atomic mass is 16.6. The molecule has 6 nitrogen and oxygen atoms in total. The fraction of sp³-hybridized carbons (Fsp3) is 0.286. The molecule has 6 heteroatoms. The predicted molar refractivity (Wildman–Crippen MR) is 74.6 cm³/mol. The number of carbonyl (C=O) groups is 2. The van der Waals surface area contributed by atoms with Crippen molar-refractivity contribution >= 4 is 23.8 Å². The normalized spacial score (nSPS) is 11.3. The first kappa shape index (κ1) is 15.6. The number of carboxylic acid groups (broad SMARTS) is 1. The van der Waals surface area contributed by atoms with Crippen LogP contribution in [0.3, 0.4) is 0 Å². The summed E-state index contributed by atoms with van der Waals surface area (Å²) in [4.78, 5) is 22.0. The summed E-state index contributed by atoms with van der Waals surface area (Å²) in [6.07, 6.45) is 1.50. The summed E-state index contributed by atoms with van der Waals surface area (Å²) < 4.78 is 5.09. The number of anilines is 1. The first-order chi connectivity index (χ1) is 9.17. The molecule has 0 heterocycles. The van der Waals surface area contributed by atoms with Crippen molar-refractivity contribution in [2.75, 3.05) is 5.32 Å². The van der Waals surface area contributed by atoms with E-state index >= 15 is 0 Å². The minimum Gasteiger partial charge on any atom is -0.507 e. The Bertz CT molecular complexity index is 543. The van der Waals surface area contributed by atoms with E-state index in [0.29, 0.717) is 5.69 Å². The average molecular weight is 279 g/mol. The lowest BCUT2D eigenvalue weighted by molar-refractivity contribution is -0.131. The van der Waals surface area contributed by atoms with E-state index in [1.54, 1.807) is 20.8 Å². The third kappa shape index (κ3) is 5.43. The second kappa shape index (κ2) is 6.10. The highest BCUT2D eigenvalue weighted by Gasteiger charge is 2.16. The highest BCUT2D eigenvalue weighted by molar-refractivity contribution is 5.88. The predicted octanol–water partition coefficient (Wildman–Crippen LogP) is 2.84. The Kier molecular flexibility index (Phi) is 4.74. The van der Waals surface area contributed by atoms with Crippen LogP contribution < -0.4 is 5.32 Å². The molecule has 1 aromatic rings. The summed E-state index contributed by atoms with van der Waals surface area (Å²) in [5.41, 5.74) is 0.0515. The molecule has 1 amide bonds. The van der Waals surface area contributed by atoms with Gasteiger partial charge in [-0.3, -0.25) is 5.32 Å². The van der Waals surface area contributed by atoms with Crippen LogP contribution in [-0.4, -0.2) is 27.9 Å². The van der Waals surface area contributed by atoms with Crippen LogP contribution in [0.2, 0.25) is 0 Å². The third-order valence-corrected chi connectivity index (χ3v) is 2.08. The van der Waals surface area contributed by atoms with Gasteiger partial charge >= 0.3 is 12.1 Å². The maximum Gasteiger partial charge on any atom is 0.412 e. The molecule has 0 saturated carbocycles. The highest BCUT2D eigenvalue weighted by Crippen LogP contribution is 2.23. The molecule has 1 aromatic carbocycles. The molecule has 3 N–H and O–H groups in total. The number of aromatic hydroxyl groups is 1. The Morgan fingerprint density at radius 3 is 2.50 bits per heavy atom. The monoisotopic (exact) mass is 279 g/mol. The van der Waals surface area contributed by atoms with Crippen LogP contribution >= 0.6 is 0 Å². The summed E-state index contributed by atoms with van der Waals surface area (Å²) in [6.45, 7) is 5.22. The number of nitrogens with one attached hydrogen (secondary N) is 1. The van der Waals surface area contributed by atoms with Gasteiger partial charge in [-0.1, -0.05) is 0 Å². The van der Waals surface area contributed by atoms with Crippen molar-refractivity contribution < 1.29 is 24.5 Å². The summed E-state index contributed by atoms with van der Waals surface area (Å²) in [7, 11) is 0. The molecule has 0 saturated heterocycles. The lowest BCUT2D eigenvalue weighted by Crippen LogP contribution is -2.27. The van der Waals surface area contributed by atoms with Crippen LogP contribution in [0.5, 0.6) is 5.75 Å². The zero-order valence-electron chi connectivity index (χ0n) is 11.5. The Morgan fingerprint density at radius 1 is 1.30 bits per heavy atom. The van der Waals surface area contributed by atoms with Crippen LogP contribution in [0.15, 0.2) is 24.3 Å². The van der Waals surface area contributed by atoms with E-state index in [-0.39, 0.29) is 11.3 Å². The molecule has 0 fully saturated rings. The second-order valence-corrected chi connectivity index (χ2v) is 5.07. The van der Waals surface area contributed by atoms with Crippen LogP contribution in [0.4, 0.5) is 10.5 Å². The van der Waals surface area contributed by atoms with Gasteiger partial charge in [-0.05, 0) is 45.0 Å². The fourth-order valence-corrected chi connectivity index (χ4v) is 1.35. The molecule has 108 valence electrons. The van der Waals surface area contributed by atoms with Crippen molar-refractivity contribution in [3.05, 3.63) is 29.8 Å². The van der Waals surface area contributed by atoms with E-state index in [9.17, 15) is 14.7 Å². The Labute approximate surface area is 116 Å². The summed E-state index contributed by atoms with van der Waals surface area (Å²) >= 11 is 0. The summed E-state index contributed by atoms with van der Waals surface area (Å²) in [6, 6.07) is 4.28. The number of phenols is 1. The lowest BCUT2D eigenvalue weighted by Gasteiger charge is -2.19. The van der Waals surface area contributed by atoms with Crippen molar-refractivity contribution in [1.29, 1.82) is 0 Å². The number of hydrogen-bond donors (Lipinski definition) is 3. The number of aliphatic carboxylic acids is 1. The number of carbonyl (C=O) groups excluding carboxylic acids is 1. The Hall–Kier alpha value is -2.50. The van der Waals surface area contributed by atoms with Gasteiger partial charge in [0.2, 0.25) is 0 Å². The number of amides is 1. The zero-order chi connectivity index (χ0) is 15.3. The Morgan fingerprint density at radius 2 is 1.95 bits per heavy atom. The molecule has 0 aliphatic carbocycles. The van der Waals surface area contributed by atoms with Crippen LogP contribution in [-0.2, 0) is 9.53 Å². The van der Waals surface area contributed by atoms with Crippen LogP contribution in [0.1, 0.15) is 26.3 Å². The molecule has 0 aromatic heterocycles. The second-order valence-electron chi connectivity index (χ2n) is 5.07. The smallest absolute Gasteiger partial charge is 0.412 e. The minimum absolute atomic E-state index is 0.0859. The van der Waals surface area contributed by atoms with Gasteiger partial charge in [-0.15, -0.1) is 0 Å². The molecule has 0 atom stereocenters. The zero-order valence-corrected chi connectivity index (χ0v) is 11.5. The molecule has 0 spiro atoms. The van der Waals surface area contributed by atoms with E-state index in [2.05, 4.69) is 5.32 Å². The molecule has 0 unspecified atom stereocenters. The van der Waals surface area contributed by atoms with Gasteiger partial charge in [0.15, 0.2) is 0 Å². The largest absolute Gasteiger partial charge is 0.507 e. The number of phenolic OH excluding ortho intramolecular Hbond substituents is 1. The molecule has 0 radical (unpaired) electrons. The number of rotatable bonds is 3. The maximum absolute atomic E-state index is 11.6. The summed E-state index contributed by atoms with van der Waals surface area (Å²) in [5.74, 6) is -1.22. The molecule has 0 bridgehead atoms. The fourth-order valence-electron chi connectivity index (χ4n) is 1.35. The van der Waals surface area contributed by atoms with E-state index in [1.807, 2.05) is 0 Å². The van der Waals surface area contributed by atoms with E-state index in [0.717, 1.165) is 6.08 Å². The molecule has 0 aliphatic rings. The van der Waals surface area contributed by atoms with Gasteiger partial charge < -0.3 is 14.9 Å². The lowest BCUT2D eigenvalue weighted by atomic mass is 10.1. The quantitative estimate of drug-likeness (QED) is 0.584.